The molecule has 0 fully saturated rings. The fourth-order valence-corrected chi connectivity index (χ4v) is 3.92. The first kappa shape index (κ1) is 21.5. The number of ether oxygens (including phenoxy) is 4. The van der Waals surface area contributed by atoms with Gasteiger partial charge in [0.05, 0.1) is 35.0 Å². The summed E-state index contributed by atoms with van der Waals surface area (Å²) in [6.07, 6.45) is 0. The number of carbonyl (C=O) groups excluding carboxylic acids is 2. The Hall–Kier alpha value is -3.20. The minimum absolute atomic E-state index is 0.125. The Balaban J connectivity index is 2.18. The number of amides is 2. The van der Waals surface area contributed by atoms with Crippen LogP contribution in [0, 0.1) is 0 Å². The van der Waals surface area contributed by atoms with Crippen LogP contribution in [0.2, 0.25) is 0 Å². The maximum Gasteiger partial charge on any atom is 0.274 e. The first-order chi connectivity index (χ1) is 14.6. The van der Waals surface area contributed by atoms with Gasteiger partial charge in [-0.1, -0.05) is 23.9 Å². The fourth-order valence-electron chi connectivity index (χ4n) is 3.07. The Kier molecular flexibility index (Phi) is 6.83. The van der Waals surface area contributed by atoms with Crippen molar-refractivity contribution in [2.45, 2.75) is 0 Å². The summed E-state index contributed by atoms with van der Waals surface area (Å²) in [5.74, 6) is 0.574. The zero-order chi connectivity index (χ0) is 21.7. The molecule has 0 saturated heterocycles. The van der Waals surface area contributed by atoms with E-state index >= 15 is 0 Å². The van der Waals surface area contributed by atoms with Gasteiger partial charge in [0.25, 0.3) is 11.8 Å². The van der Waals surface area contributed by atoms with Crippen LogP contribution in [0.3, 0.4) is 0 Å². The van der Waals surface area contributed by atoms with Crippen LogP contribution in [-0.2, 0) is 0 Å². The third-order valence-electron chi connectivity index (χ3n) is 4.45. The molecular formula is C21H22N2O6S. The van der Waals surface area contributed by atoms with E-state index in [0.717, 1.165) is 4.90 Å². The van der Waals surface area contributed by atoms with E-state index in [9.17, 15) is 9.59 Å². The van der Waals surface area contributed by atoms with Crippen molar-refractivity contribution >= 4 is 28.7 Å². The predicted molar refractivity (Wildman–Crippen MR) is 114 cm³/mol. The van der Waals surface area contributed by atoms with Crippen LogP contribution in [0.4, 0.5) is 0 Å². The molecule has 158 valence electrons. The molecule has 2 aromatic rings. The molecule has 0 bridgehead atoms. The Labute approximate surface area is 178 Å². The van der Waals surface area contributed by atoms with Crippen LogP contribution in [0.5, 0.6) is 23.0 Å². The first-order valence-corrected chi connectivity index (χ1v) is 10.0. The highest BCUT2D eigenvalue weighted by Gasteiger charge is 2.36. The van der Waals surface area contributed by atoms with Crippen LogP contribution in [0.15, 0.2) is 41.4 Å². The Morgan fingerprint density at radius 1 is 0.800 bits per heavy atom. The number of thioether (sulfide) groups is 1. The van der Waals surface area contributed by atoms with E-state index in [-0.39, 0.29) is 34.1 Å². The molecule has 0 aliphatic carbocycles. The van der Waals surface area contributed by atoms with Crippen LogP contribution in [0.25, 0.3) is 0 Å². The summed E-state index contributed by atoms with van der Waals surface area (Å²) in [6, 6.07) is 9.92. The molecule has 1 aliphatic rings. The number of methoxy groups -OCH3 is 4. The predicted octanol–water partition coefficient (Wildman–Crippen LogP) is 3.11. The van der Waals surface area contributed by atoms with Gasteiger partial charge >= 0.3 is 0 Å². The summed E-state index contributed by atoms with van der Waals surface area (Å²) < 4.78 is 21.4. The molecule has 0 spiro atoms. The average molecular weight is 430 g/mol. The van der Waals surface area contributed by atoms with Gasteiger partial charge in [-0.3, -0.25) is 14.6 Å². The Morgan fingerprint density at radius 3 is 1.50 bits per heavy atom. The maximum atomic E-state index is 13.7. The molecule has 3 rings (SSSR count). The van der Waals surface area contributed by atoms with E-state index in [1.54, 1.807) is 36.4 Å². The lowest BCUT2D eigenvalue weighted by Crippen LogP contribution is -2.40. The maximum absolute atomic E-state index is 13.7. The lowest BCUT2D eigenvalue weighted by atomic mass is 10.1. The van der Waals surface area contributed by atoms with Gasteiger partial charge in [-0.05, 0) is 24.3 Å². The largest absolute Gasteiger partial charge is 0.496 e. The quantitative estimate of drug-likeness (QED) is 0.651. The highest BCUT2D eigenvalue weighted by atomic mass is 32.2. The number of hydrogen-bond acceptors (Lipinski definition) is 8. The van der Waals surface area contributed by atoms with E-state index in [0.29, 0.717) is 17.5 Å². The average Bonchev–Trinajstić information content (AvgIpc) is 3.31. The van der Waals surface area contributed by atoms with Crippen molar-refractivity contribution in [2.75, 3.05) is 40.7 Å². The number of hydrogen-bond donors (Lipinski definition) is 0. The summed E-state index contributed by atoms with van der Waals surface area (Å²) in [6.45, 7) is 0.503. The molecule has 9 heteroatoms. The summed E-state index contributed by atoms with van der Waals surface area (Å²) in [5, 5.41) is 0.297. The fraction of sp³-hybridized carbons (Fsp3) is 0.286. The molecule has 30 heavy (non-hydrogen) atoms. The van der Waals surface area contributed by atoms with Crippen molar-refractivity contribution in [3.05, 3.63) is 47.5 Å². The van der Waals surface area contributed by atoms with Crippen molar-refractivity contribution in [3.63, 3.8) is 0 Å². The monoisotopic (exact) mass is 430 g/mol. The van der Waals surface area contributed by atoms with Gasteiger partial charge in [0.2, 0.25) is 0 Å². The number of carbonyl (C=O) groups is 2. The van der Waals surface area contributed by atoms with Crippen LogP contribution in [-0.4, -0.2) is 62.6 Å². The highest BCUT2D eigenvalue weighted by Crippen LogP contribution is 2.35. The Morgan fingerprint density at radius 2 is 1.20 bits per heavy atom. The molecule has 2 aromatic carbocycles. The van der Waals surface area contributed by atoms with Gasteiger partial charge in [0.1, 0.15) is 34.1 Å². The van der Waals surface area contributed by atoms with Gasteiger partial charge < -0.3 is 18.9 Å². The molecule has 1 aliphatic heterocycles. The number of amidine groups is 1. The van der Waals surface area contributed by atoms with Gasteiger partial charge in [0, 0.05) is 5.75 Å². The molecular weight excluding hydrogens is 408 g/mol. The zero-order valence-electron chi connectivity index (χ0n) is 17.1. The first-order valence-electron chi connectivity index (χ1n) is 9.05. The highest BCUT2D eigenvalue weighted by molar-refractivity contribution is 8.14. The molecule has 8 nitrogen and oxygen atoms in total. The van der Waals surface area contributed by atoms with Crippen LogP contribution >= 0.6 is 11.8 Å². The number of rotatable bonds is 6. The second-order valence-corrected chi connectivity index (χ2v) is 7.10. The van der Waals surface area contributed by atoms with Crippen molar-refractivity contribution < 1.29 is 28.5 Å². The van der Waals surface area contributed by atoms with Crippen LogP contribution < -0.4 is 18.9 Å². The van der Waals surface area contributed by atoms with E-state index in [1.165, 1.54) is 40.2 Å². The number of benzene rings is 2. The smallest absolute Gasteiger partial charge is 0.274 e. The van der Waals surface area contributed by atoms with Crippen molar-refractivity contribution in [2.24, 2.45) is 4.99 Å². The van der Waals surface area contributed by atoms with Gasteiger partial charge in [-0.25, -0.2) is 4.90 Å². The summed E-state index contributed by atoms with van der Waals surface area (Å²) in [4.78, 5) is 32.7. The zero-order valence-corrected chi connectivity index (χ0v) is 17.9. The number of imide groups is 1. The van der Waals surface area contributed by atoms with Crippen LogP contribution in [0.1, 0.15) is 20.7 Å². The second kappa shape index (κ2) is 9.53. The molecule has 0 aromatic heterocycles. The molecule has 1 heterocycles. The van der Waals surface area contributed by atoms with Crippen molar-refractivity contribution in [1.82, 2.24) is 4.90 Å². The lowest BCUT2D eigenvalue weighted by Gasteiger charge is -2.24. The molecule has 2 amide bonds. The number of nitrogens with zero attached hydrogens (tertiary/aromatic N) is 2. The standard InChI is InChI=1S/C21H22N2O6S/c1-26-13-7-5-8-14(27-2)17(13)19(24)23(21-22-11-12-30-21)20(25)18-15(28-3)9-6-10-16(18)29-4/h5-10H,11-12H2,1-4H3. The topological polar surface area (TPSA) is 86.7 Å². The van der Waals surface area contributed by atoms with Crippen molar-refractivity contribution in [1.29, 1.82) is 0 Å². The third kappa shape index (κ3) is 3.93. The normalized spacial score (nSPS) is 12.7. The van der Waals surface area contributed by atoms with Gasteiger partial charge in [-0.15, -0.1) is 0 Å². The summed E-state index contributed by atoms with van der Waals surface area (Å²) in [7, 11) is 5.79. The molecule has 0 unspecified atom stereocenters. The minimum Gasteiger partial charge on any atom is -0.496 e. The molecule has 0 atom stereocenters. The van der Waals surface area contributed by atoms with E-state index in [2.05, 4.69) is 4.99 Å². The third-order valence-corrected chi connectivity index (χ3v) is 5.41. The molecule has 0 saturated carbocycles. The summed E-state index contributed by atoms with van der Waals surface area (Å²) in [5.41, 5.74) is 0.250. The van der Waals surface area contributed by atoms with E-state index in [4.69, 9.17) is 18.9 Å². The number of aliphatic imine (C=N–C) groups is 1. The van der Waals surface area contributed by atoms with Gasteiger partial charge in [-0.2, -0.15) is 0 Å². The van der Waals surface area contributed by atoms with Crippen molar-refractivity contribution in [3.8, 4) is 23.0 Å². The minimum atomic E-state index is -0.615. The van der Waals surface area contributed by atoms with E-state index in [1.807, 2.05) is 0 Å². The SMILES string of the molecule is COc1cccc(OC)c1C(=O)N(C(=O)c1c(OC)cccc1OC)C1=NCCS1. The Bertz CT molecular complexity index is 879. The lowest BCUT2D eigenvalue weighted by molar-refractivity contribution is 0.0710. The summed E-state index contributed by atoms with van der Waals surface area (Å²) >= 11 is 1.32. The molecule has 0 N–H and O–H groups in total. The van der Waals surface area contributed by atoms with E-state index < -0.39 is 11.8 Å². The van der Waals surface area contributed by atoms with Gasteiger partial charge in [0.15, 0.2) is 5.17 Å². The second-order valence-electron chi connectivity index (χ2n) is 6.03. The molecule has 0 radical (unpaired) electrons.